The molecular weight excluding hydrogens is 485 g/mol. The van der Waals surface area contributed by atoms with E-state index in [2.05, 4.69) is 16.4 Å². The first-order valence-corrected chi connectivity index (χ1v) is 10.4. The van der Waals surface area contributed by atoms with Gasteiger partial charge in [-0.05, 0) is 31.2 Å². The van der Waals surface area contributed by atoms with Crippen LogP contribution in [0.4, 0.5) is 0 Å². The average molecular weight is 511 g/mol. The molecule has 0 saturated heterocycles. The molecule has 28 heavy (non-hydrogen) atoms. The lowest BCUT2D eigenvalue weighted by atomic mass is 10.2. The zero-order valence-electron chi connectivity index (χ0n) is 16.1. The maximum atomic E-state index is 12.3. The molecule has 0 spiro atoms. The molecule has 0 radical (unpaired) electrons. The molecule has 2 aromatic carbocycles. The summed E-state index contributed by atoms with van der Waals surface area (Å²) in [6, 6.07) is 19.6. The molecule has 150 valence electrons. The number of fused-ring (bicyclic) bond motifs is 1. The number of hydrogen-bond donors (Lipinski definition) is 1. The Balaban J connectivity index is 0.00000280. The van der Waals surface area contributed by atoms with Crippen molar-refractivity contribution >= 4 is 51.7 Å². The Bertz CT molecular complexity index is 895. The van der Waals surface area contributed by atoms with Crippen LogP contribution in [0.3, 0.4) is 0 Å². The van der Waals surface area contributed by atoms with Crippen molar-refractivity contribution in [1.82, 2.24) is 10.2 Å². The summed E-state index contributed by atoms with van der Waals surface area (Å²) < 4.78 is 18.2. The van der Waals surface area contributed by atoms with Crippen LogP contribution < -0.4 is 5.32 Å². The fourth-order valence-electron chi connectivity index (χ4n) is 2.82. The van der Waals surface area contributed by atoms with Gasteiger partial charge < -0.3 is 14.6 Å². The van der Waals surface area contributed by atoms with Crippen molar-refractivity contribution in [2.45, 2.75) is 18.4 Å². The highest BCUT2D eigenvalue weighted by atomic mass is 127. The first kappa shape index (κ1) is 22.4. The van der Waals surface area contributed by atoms with Gasteiger partial charge >= 0.3 is 0 Å². The SMILES string of the molecule is CCNC(=NCCS(=O)c1ccccc1)N(C)Cc1cc2ccccc2o1.I. The Kier molecular flexibility index (Phi) is 8.98. The number of furan rings is 1. The first-order chi connectivity index (χ1) is 13.2. The zero-order chi connectivity index (χ0) is 19.1. The van der Waals surface area contributed by atoms with Gasteiger partial charge in [0.1, 0.15) is 11.3 Å². The van der Waals surface area contributed by atoms with Gasteiger partial charge in [0.05, 0.1) is 23.9 Å². The van der Waals surface area contributed by atoms with Gasteiger partial charge in [-0.15, -0.1) is 24.0 Å². The van der Waals surface area contributed by atoms with Crippen molar-refractivity contribution in [1.29, 1.82) is 0 Å². The van der Waals surface area contributed by atoms with Gasteiger partial charge in [-0.25, -0.2) is 0 Å². The molecule has 7 heteroatoms. The fourth-order valence-corrected chi connectivity index (χ4v) is 3.77. The van der Waals surface area contributed by atoms with E-state index in [9.17, 15) is 4.21 Å². The van der Waals surface area contributed by atoms with Gasteiger partial charge in [0.2, 0.25) is 0 Å². The number of hydrogen-bond acceptors (Lipinski definition) is 3. The van der Waals surface area contributed by atoms with Crippen molar-refractivity contribution in [2.24, 2.45) is 4.99 Å². The molecule has 0 amide bonds. The molecule has 0 fully saturated rings. The Morgan fingerprint density at radius 2 is 1.86 bits per heavy atom. The number of halogens is 1. The lowest BCUT2D eigenvalue weighted by Crippen LogP contribution is -2.38. The molecule has 0 aliphatic heterocycles. The third kappa shape index (κ3) is 6.07. The van der Waals surface area contributed by atoms with Crippen LogP contribution >= 0.6 is 24.0 Å². The minimum absolute atomic E-state index is 0. The Morgan fingerprint density at radius 1 is 1.14 bits per heavy atom. The summed E-state index contributed by atoms with van der Waals surface area (Å²) in [6.45, 7) is 3.91. The van der Waals surface area contributed by atoms with Crippen LogP contribution in [0.25, 0.3) is 11.0 Å². The van der Waals surface area contributed by atoms with Gasteiger partial charge in [-0.2, -0.15) is 0 Å². The number of para-hydroxylation sites is 1. The molecule has 1 atom stereocenters. The summed E-state index contributed by atoms with van der Waals surface area (Å²) in [7, 11) is 0.938. The Hall–Kier alpha value is -1.87. The lowest BCUT2D eigenvalue weighted by Gasteiger charge is -2.20. The monoisotopic (exact) mass is 511 g/mol. The molecule has 1 unspecified atom stereocenters. The molecule has 3 aromatic rings. The van der Waals surface area contributed by atoms with E-state index in [1.165, 1.54) is 0 Å². The number of rotatable bonds is 7. The molecule has 0 aliphatic rings. The minimum atomic E-state index is -1.04. The summed E-state index contributed by atoms with van der Waals surface area (Å²) in [6.07, 6.45) is 0. The van der Waals surface area contributed by atoms with Crippen molar-refractivity contribution in [3.63, 3.8) is 0 Å². The van der Waals surface area contributed by atoms with Crippen LogP contribution in [-0.2, 0) is 17.3 Å². The standard InChI is InChI=1S/C21H25N3O2S.HI/c1-3-22-21(23-13-14-27(25)19-10-5-4-6-11-19)24(2)16-18-15-17-9-7-8-12-20(17)26-18;/h4-12,15H,3,13-14,16H2,1-2H3,(H,22,23);1H. The molecular formula is C21H26IN3O2S. The van der Waals surface area contributed by atoms with E-state index >= 15 is 0 Å². The largest absolute Gasteiger partial charge is 0.459 e. The zero-order valence-corrected chi connectivity index (χ0v) is 19.3. The maximum absolute atomic E-state index is 12.3. The second-order valence-corrected chi connectivity index (χ2v) is 7.78. The third-order valence-electron chi connectivity index (χ3n) is 4.11. The van der Waals surface area contributed by atoms with E-state index in [1.807, 2.05) is 73.5 Å². The maximum Gasteiger partial charge on any atom is 0.194 e. The quantitative estimate of drug-likeness (QED) is 0.293. The predicted octanol–water partition coefficient (Wildman–Crippen LogP) is 4.26. The lowest BCUT2D eigenvalue weighted by molar-refractivity contribution is 0.413. The molecule has 0 aliphatic carbocycles. The summed E-state index contributed by atoms with van der Waals surface area (Å²) in [5, 5.41) is 4.38. The van der Waals surface area contributed by atoms with Crippen molar-refractivity contribution in [3.8, 4) is 0 Å². The highest BCUT2D eigenvalue weighted by molar-refractivity contribution is 14.0. The van der Waals surface area contributed by atoms with Crippen LogP contribution in [0, 0.1) is 0 Å². The third-order valence-corrected chi connectivity index (χ3v) is 5.46. The van der Waals surface area contributed by atoms with Gasteiger partial charge in [0, 0.05) is 29.6 Å². The topological polar surface area (TPSA) is 57.8 Å². The summed E-state index contributed by atoms with van der Waals surface area (Å²) in [5.41, 5.74) is 0.890. The van der Waals surface area contributed by atoms with Crippen LogP contribution in [-0.4, -0.2) is 41.0 Å². The molecule has 1 N–H and O–H groups in total. The molecule has 1 aromatic heterocycles. The van der Waals surface area contributed by atoms with Crippen LogP contribution in [0.1, 0.15) is 12.7 Å². The van der Waals surface area contributed by atoms with E-state index in [4.69, 9.17) is 4.42 Å². The number of benzene rings is 2. The molecule has 0 bridgehead atoms. The second kappa shape index (κ2) is 11.2. The van der Waals surface area contributed by atoms with E-state index in [-0.39, 0.29) is 24.0 Å². The molecule has 5 nitrogen and oxygen atoms in total. The van der Waals surface area contributed by atoms with Crippen LogP contribution in [0.2, 0.25) is 0 Å². The number of nitrogens with one attached hydrogen (secondary N) is 1. The van der Waals surface area contributed by atoms with Gasteiger partial charge in [0.25, 0.3) is 0 Å². The smallest absolute Gasteiger partial charge is 0.194 e. The number of nitrogens with zero attached hydrogens (tertiary/aromatic N) is 2. The molecule has 1 heterocycles. The van der Waals surface area contributed by atoms with Crippen molar-refractivity contribution < 1.29 is 8.63 Å². The average Bonchev–Trinajstić information content (AvgIpc) is 3.10. The second-order valence-electron chi connectivity index (χ2n) is 6.20. The molecule has 3 rings (SSSR count). The van der Waals surface area contributed by atoms with Gasteiger partial charge in [-0.1, -0.05) is 36.4 Å². The normalized spacial score (nSPS) is 12.4. The highest BCUT2D eigenvalue weighted by Gasteiger charge is 2.11. The Labute approximate surface area is 185 Å². The van der Waals surface area contributed by atoms with Gasteiger partial charge in [-0.3, -0.25) is 9.20 Å². The van der Waals surface area contributed by atoms with E-state index in [0.29, 0.717) is 18.8 Å². The highest BCUT2D eigenvalue weighted by Crippen LogP contribution is 2.19. The van der Waals surface area contributed by atoms with Gasteiger partial charge in [0.15, 0.2) is 5.96 Å². The van der Waals surface area contributed by atoms with Crippen molar-refractivity contribution in [3.05, 3.63) is 66.4 Å². The van der Waals surface area contributed by atoms with E-state index in [0.717, 1.165) is 34.1 Å². The van der Waals surface area contributed by atoms with E-state index in [1.54, 1.807) is 0 Å². The first-order valence-electron chi connectivity index (χ1n) is 9.07. The number of guanidine groups is 1. The summed E-state index contributed by atoms with van der Waals surface area (Å²) in [5.74, 6) is 2.16. The van der Waals surface area contributed by atoms with Crippen molar-refractivity contribution in [2.75, 3.05) is 25.9 Å². The molecule has 0 saturated carbocycles. The Morgan fingerprint density at radius 3 is 2.57 bits per heavy atom. The number of aliphatic imine (C=N–C) groups is 1. The van der Waals surface area contributed by atoms with Crippen LogP contribution in [0.15, 0.2) is 75.0 Å². The van der Waals surface area contributed by atoms with E-state index < -0.39 is 10.8 Å². The van der Waals surface area contributed by atoms with Crippen LogP contribution in [0.5, 0.6) is 0 Å². The fraction of sp³-hybridized carbons (Fsp3) is 0.286. The summed E-state index contributed by atoms with van der Waals surface area (Å²) >= 11 is 0. The predicted molar refractivity (Wildman–Crippen MR) is 127 cm³/mol. The summed E-state index contributed by atoms with van der Waals surface area (Å²) in [4.78, 5) is 7.49. The minimum Gasteiger partial charge on any atom is -0.459 e.